The fraction of sp³-hybridized carbons (Fsp3) is 0.167. The highest BCUT2D eigenvalue weighted by Gasteiger charge is 2.28. The number of nitrogens with zero attached hydrogens (tertiary/aromatic N) is 1. The lowest BCUT2D eigenvalue weighted by molar-refractivity contribution is 0.0951. The molecule has 196 valence electrons. The van der Waals surface area contributed by atoms with E-state index in [1.807, 2.05) is 61.5 Å². The zero-order valence-electron chi connectivity index (χ0n) is 21.3. The molecule has 0 saturated carbocycles. The number of methoxy groups -OCH3 is 1. The van der Waals surface area contributed by atoms with Gasteiger partial charge in [0.1, 0.15) is 11.5 Å². The van der Waals surface area contributed by atoms with Crippen LogP contribution in [0.2, 0.25) is 0 Å². The Balaban J connectivity index is 1.70. The average Bonchev–Trinajstić information content (AvgIpc) is 2.96. The van der Waals surface area contributed by atoms with Gasteiger partial charge in [-0.05, 0) is 55.0 Å². The first-order valence-electron chi connectivity index (χ1n) is 12.2. The number of anilines is 1. The molecular weight excluding hydrogens is 500 g/mol. The summed E-state index contributed by atoms with van der Waals surface area (Å²) in [6.07, 6.45) is 0. The van der Waals surface area contributed by atoms with Crippen LogP contribution in [-0.2, 0) is 23.1 Å². The molecule has 0 spiro atoms. The van der Waals surface area contributed by atoms with Gasteiger partial charge in [-0.2, -0.15) is 0 Å². The smallest absolute Gasteiger partial charge is 0.264 e. The van der Waals surface area contributed by atoms with Gasteiger partial charge in [0.25, 0.3) is 15.9 Å². The monoisotopic (exact) mass is 530 g/mol. The fourth-order valence-electron chi connectivity index (χ4n) is 4.02. The molecule has 0 aromatic heterocycles. The van der Waals surface area contributed by atoms with Crippen LogP contribution < -0.4 is 19.1 Å². The number of nitrogens with one attached hydrogen (secondary N) is 1. The van der Waals surface area contributed by atoms with Crippen molar-refractivity contribution in [1.29, 1.82) is 0 Å². The molecule has 0 bridgehead atoms. The third-order valence-electron chi connectivity index (χ3n) is 5.95. The standard InChI is InChI=1S/C30H30N2O5S/c1-3-37-29-16-10-7-13-24(29)21-31-30(33)27-14-8-9-15-28(27)32(22-23-11-5-4-6-12-23)38(34,35)26-19-17-25(36-2)18-20-26/h4-20H,3,21-22H2,1-2H3,(H,31,33). The maximum Gasteiger partial charge on any atom is 0.264 e. The van der Waals surface area contributed by atoms with Crippen LogP contribution in [0.25, 0.3) is 0 Å². The van der Waals surface area contributed by atoms with Gasteiger partial charge in [0.15, 0.2) is 0 Å². The van der Waals surface area contributed by atoms with Crippen molar-refractivity contribution in [1.82, 2.24) is 5.32 Å². The van der Waals surface area contributed by atoms with Gasteiger partial charge in [-0.15, -0.1) is 0 Å². The van der Waals surface area contributed by atoms with Gasteiger partial charge in [0, 0.05) is 12.1 Å². The summed E-state index contributed by atoms with van der Waals surface area (Å²) in [7, 11) is -2.52. The number of carbonyl (C=O) groups is 1. The maximum atomic E-state index is 13.9. The van der Waals surface area contributed by atoms with Gasteiger partial charge < -0.3 is 14.8 Å². The average molecular weight is 531 g/mol. The summed E-state index contributed by atoms with van der Waals surface area (Å²) in [5, 5.41) is 2.92. The van der Waals surface area contributed by atoms with E-state index in [2.05, 4.69) is 5.32 Å². The number of carbonyl (C=O) groups excluding carboxylic acids is 1. The van der Waals surface area contributed by atoms with E-state index < -0.39 is 15.9 Å². The Hall–Kier alpha value is -4.30. The Morgan fingerprint density at radius 2 is 1.50 bits per heavy atom. The second kappa shape index (κ2) is 12.3. The maximum absolute atomic E-state index is 13.9. The first-order chi connectivity index (χ1) is 18.4. The highest BCUT2D eigenvalue weighted by molar-refractivity contribution is 7.92. The molecular formula is C30H30N2O5S. The Labute approximate surface area is 223 Å². The zero-order chi connectivity index (χ0) is 27.0. The minimum atomic E-state index is -4.04. The van der Waals surface area contributed by atoms with Crippen LogP contribution in [0.1, 0.15) is 28.4 Å². The number of sulfonamides is 1. The highest BCUT2D eigenvalue weighted by atomic mass is 32.2. The number of rotatable bonds is 11. The lowest BCUT2D eigenvalue weighted by atomic mass is 10.1. The molecule has 0 saturated heterocycles. The topological polar surface area (TPSA) is 84.9 Å². The molecule has 0 heterocycles. The summed E-state index contributed by atoms with van der Waals surface area (Å²) in [5.41, 5.74) is 2.13. The van der Waals surface area contributed by atoms with E-state index in [1.54, 1.807) is 36.4 Å². The van der Waals surface area contributed by atoms with Crippen molar-refractivity contribution in [2.45, 2.75) is 24.9 Å². The predicted molar refractivity (Wildman–Crippen MR) is 148 cm³/mol. The summed E-state index contributed by atoms with van der Waals surface area (Å²) in [6, 6.07) is 29.7. The Morgan fingerprint density at radius 1 is 0.842 bits per heavy atom. The van der Waals surface area contributed by atoms with Crippen LogP contribution in [0, 0.1) is 0 Å². The molecule has 38 heavy (non-hydrogen) atoms. The van der Waals surface area contributed by atoms with E-state index in [9.17, 15) is 13.2 Å². The molecule has 4 aromatic carbocycles. The van der Waals surface area contributed by atoms with Crippen molar-refractivity contribution in [3.63, 3.8) is 0 Å². The van der Waals surface area contributed by atoms with Crippen LogP contribution in [-0.4, -0.2) is 28.0 Å². The van der Waals surface area contributed by atoms with E-state index in [0.717, 1.165) is 11.1 Å². The van der Waals surface area contributed by atoms with Crippen molar-refractivity contribution in [3.8, 4) is 11.5 Å². The Bertz CT molecular complexity index is 1470. The van der Waals surface area contributed by atoms with E-state index in [4.69, 9.17) is 9.47 Å². The van der Waals surface area contributed by atoms with Gasteiger partial charge in [0.05, 0.1) is 36.4 Å². The third-order valence-corrected chi connectivity index (χ3v) is 7.72. The van der Waals surface area contributed by atoms with Crippen molar-refractivity contribution in [3.05, 3.63) is 120 Å². The van der Waals surface area contributed by atoms with E-state index >= 15 is 0 Å². The molecule has 8 heteroatoms. The summed E-state index contributed by atoms with van der Waals surface area (Å²) >= 11 is 0. The van der Waals surface area contributed by atoms with Crippen LogP contribution >= 0.6 is 0 Å². The third kappa shape index (κ3) is 6.15. The van der Waals surface area contributed by atoms with E-state index in [-0.39, 0.29) is 29.2 Å². The van der Waals surface area contributed by atoms with Gasteiger partial charge in [-0.25, -0.2) is 8.42 Å². The van der Waals surface area contributed by atoms with Gasteiger partial charge in [-0.1, -0.05) is 60.7 Å². The second-order valence-electron chi connectivity index (χ2n) is 8.41. The molecule has 0 radical (unpaired) electrons. The number of hydrogen-bond acceptors (Lipinski definition) is 5. The summed E-state index contributed by atoms with van der Waals surface area (Å²) in [5.74, 6) is 0.844. The summed E-state index contributed by atoms with van der Waals surface area (Å²) in [6.45, 7) is 2.68. The van der Waals surface area contributed by atoms with Crippen molar-refractivity contribution >= 4 is 21.6 Å². The summed E-state index contributed by atoms with van der Waals surface area (Å²) in [4.78, 5) is 13.5. The first kappa shape index (κ1) is 26.8. The van der Waals surface area contributed by atoms with Crippen molar-refractivity contribution < 1.29 is 22.7 Å². The summed E-state index contributed by atoms with van der Waals surface area (Å²) < 4.78 is 40.0. The molecule has 0 aliphatic heterocycles. The predicted octanol–water partition coefficient (Wildman–Crippen LogP) is 5.42. The van der Waals surface area contributed by atoms with Crippen molar-refractivity contribution in [2.24, 2.45) is 0 Å². The van der Waals surface area contributed by atoms with Gasteiger partial charge in [0.2, 0.25) is 0 Å². The molecule has 0 atom stereocenters. The van der Waals surface area contributed by atoms with Crippen LogP contribution in [0.5, 0.6) is 11.5 Å². The number of hydrogen-bond donors (Lipinski definition) is 1. The van der Waals surface area contributed by atoms with E-state index in [0.29, 0.717) is 18.1 Å². The SMILES string of the molecule is CCOc1ccccc1CNC(=O)c1ccccc1N(Cc1ccccc1)S(=O)(=O)c1ccc(OC)cc1. The lowest BCUT2D eigenvalue weighted by Gasteiger charge is -2.27. The minimum absolute atomic E-state index is 0.0483. The minimum Gasteiger partial charge on any atom is -0.497 e. The molecule has 0 fully saturated rings. The lowest BCUT2D eigenvalue weighted by Crippen LogP contribution is -2.33. The number of amides is 1. The van der Waals surface area contributed by atoms with Crippen LogP contribution in [0.4, 0.5) is 5.69 Å². The van der Waals surface area contributed by atoms with Crippen LogP contribution in [0.15, 0.2) is 108 Å². The first-order valence-corrected chi connectivity index (χ1v) is 13.7. The Morgan fingerprint density at radius 3 is 2.21 bits per heavy atom. The number of para-hydroxylation sites is 2. The molecule has 1 amide bonds. The normalized spacial score (nSPS) is 11.0. The van der Waals surface area contributed by atoms with Gasteiger partial charge in [-0.3, -0.25) is 9.10 Å². The van der Waals surface area contributed by atoms with Crippen LogP contribution in [0.3, 0.4) is 0 Å². The molecule has 4 rings (SSSR count). The molecule has 7 nitrogen and oxygen atoms in total. The highest BCUT2D eigenvalue weighted by Crippen LogP contribution is 2.30. The Kier molecular flexibility index (Phi) is 8.66. The molecule has 4 aromatic rings. The fourth-order valence-corrected chi connectivity index (χ4v) is 5.50. The largest absolute Gasteiger partial charge is 0.497 e. The molecule has 0 unspecified atom stereocenters. The molecule has 0 aliphatic carbocycles. The quantitative estimate of drug-likeness (QED) is 0.280. The second-order valence-corrected chi connectivity index (χ2v) is 10.3. The molecule has 1 N–H and O–H groups in total. The zero-order valence-corrected chi connectivity index (χ0v) is 22.1. The number of ether oxygens (including phenoxy) is 2. The van der Waals surface area contributed by atoms with Crippen molar-refractivity contribution in [2.75, 3.05) is 18.0 Å². The van der Waals surface area contributed by atoms with E-state index in [1.165, 1.54) is 23.5 Å². The number of benzene rings is 4. The molecule has 0 aliphatic rings. The van der Waals surface area contributed by atoms with Gasteiger partial charge >= 0.3 is 0 Å².